The number of aromatic hydroxyl groups is 1. The quantitative estimate of drug-likeness (QED) is 0.836. The summed E-state index contributed by atoms with van der Waals surface area (Å²) in [6, 6.07) is 6.42. The van der Waals surface area contributed by atoms with E-state index in [1.54, 1.807) is 19.1 Å². The largest absolute Gasteiger partial charge is 0.507 e. The average molecular weight is 232 g/mol. The van der Waals surface area contributed by atoms with Crippen LogP contribution in [0.2, 0.25) is 0 Å². The van der Waals surface area contributed by atoms with Gasteiger partial charge in [-0.1, -0.05) is 26.0 Å². The van der Waals surface area contributed by atoms with Gasteiger partial charge in [-0.15, -0.1) is 0 Å². The number of hydrogen-bond donors (Lipinski definition) is 2. The molecule has 0 aromatic heterocycles. The van der Waals surface area contributed by atoms with Crippen molar-refractivity contribution in [3.63, 3.8) is 0 Å². The number of hydrogen-bond acceptors (Lipinski definition) is 3. The lowest BCUT2D eigenvalue weighted by Gasteiger charge is -2.15. The maximum Gasteiger partial charge on any atom is 0.256 e. The van der Waals surface area contributed by atoms with Gasteiger partial charge in [-0.2, -0.15) is 5.26 Å². The molecule has 0 spiro atoms. The Balaban J connectivity index is 2.91. The van der Waals surface area contributed by atoms with Gasteiger partial charge in [-0.25, -0.2) is 0 Å². The van der Waals surface area contributed by atoms with Gasteiger partial charge in [0.15, 0.2) is 0 Å². The van der Waals surface area contributed by atoms with Crippen molar-refractivity contribution in [3.05, 3.63) is 29.3 Å². The summed E-state index contributed by atoms with van der Waals surface area (Å²) >= 11 is 0. The first-order chi connectivity index (χ1) is 7.97. The number of benzene rings is 1. The summed E-state index contributed by atoms with van der Waals surface area (Å²) in [5, 5.41) is 21.2. The number of nitrogens with one attached hydrogen (secondary N) is 1. The van der Waals surface area contributed by atoms with Gasteiger partial charge < -0.3 is 10.4 Å². The molecule has 90 valence electrons. The monoisotopic (exact) mass is 232 g/mol. The highest BCUT2D eigenvalue weighted by Gasteiger charge is 2.18. The van der Waals surface area contributed by atoms with Gasteiger partial charge in [0.05, 0.1) is 11.6 Å². The summed E-state index contributed by atoms with van der Waals surface area (Å²) in [6.45, 7) is 5.42. The van der Waals surface area contributed by atoms with Gasteiger partial charge >= 0.3 is 0 Å². The summed E-state index contributed by atoms with van der Waals surface area (Å²) in [7, 11) is 0. The van der Waals surface area contributed by atoms with Crippen LogP contribution in [0.4, 0.5) is 0 Å². The Kier molecular flexibility index (Phi) is 4.11. The van der Waals surface area contributed by atoms with Crippen LogP contribution < -0.4 is 5.32 Å². The van der Waals surface area contributed by atoms with E-state index in [0.717, 1.165) is 0 Å². The van der Waals surface area contributed by atoms with Gasteiger partial charge in [0.2, 0.25) is 0 Å². The molecule has 2 N–H and O–H groups in total. The molecule has 0 aliphatic rings. The van der Waals surface area contributed by atoms with E-state index < -0.39 is 11.9 Å². The van der Waals surface area contributed by atoms with E-state index >= 15 is 0 Å². The average Bonchev–Trinajstić information content (AvgIpc) is 2.28. The molecule has 0 bridgehead atoms. The van der Waals surface area contributed by atoms with Crippen LogP contribution in [0.3, 0.4) is 0 Å². The zero-order chi connectivity index (χ0) is 13.0. The number of para-hydroxylation sites is 1. The zero-order valence-corrected chi connectivity index (χ0v) is 10.2. The number of nitrogens with zero attached hydrogens (tertiary/aromatic N) is 1. The zero-order valence-electron chi connectivity index (χ0n) is 10.2. The third kappa shape index (κ3) is 2.97. The molecule has 1 rings (SSSR count). The van der Waals surface area contributed by atoms with E-state index in [9.17, 15) is 9.90 Å². The van der Waals surface area contributed by atoms with Crippen LogP contribution in [0, 0.1) is 24.2 Å². The lowest BCUT2D eigenvalue weighted by molar-refractivity contribution is 0.0935. The standard InChI is InChI=1S/C13H16N2O2/c1-8(2)11(7-14)15-13(17)10-6-4-5-9(3)12(10)16/h4-6,8,11,16H,1-3H3,(H,15,17). The van der Waals surface area contributed by atoms with Gasteiger partial charge in [-0.05, 0) is 24.5 Å². The first-order valence-electron chi connectivity index (χ1n) is 5.46. The SMILES string of the molecule is Cc1cccc(C(=O)NC(C#N)C(C)C)c1O. The molecule has 1 aromatic rings. The minimum Gasteiger partial charge on any atom is -0.507 e. The number of phenols is 1. The molecular formula is C13H16N2O2. The van der Waals surface area contributed by atoms with Crippen molar-refractivity contribution < 1.29 is 9.90 Å². The Bertz CT molecular complexity index is 461. The number of aryl methyl sites for hydroxylation is 1. The number of nitriles is 1. The first-order valence-corrected chi connectivity index (χ1v) is 5.46. The number of carbonyl (C=O) groups excluding carboxylic acids is 1. The molecule has 0 heterocycles. The second kappa shape index (κ2) is 5.35. The molecule has 17 heavy (non-hydrogen) atoms. The van der Waals surface area contributed by atoms with E-state index in [1.807, 2.05) is 19.9 Å². The third-order valence-electron chi connectivity index (χ3n) is 2.57. The maximum atomic E-state index is 11.9. The van der Waals surface area contributed by atoms with Crippen molar-refractivity contribution in [2.75, 3.05) is 0 Å². The Labute approximate surface area is 101 Å². The molecular weight excluding hydrogens is 216 g/mol. The Hall–Kier alpha value is -2.02. The van der Waals surface area contributed by atoms with Crippen molar-refractivity contribution in [2.45, 2.75) is 26.8 Å². The number of carbonyl (C=O) groups is 1. The minimum absolute atomic E-state index is 0.0240. The van der Waals surface area contributed by atoms with Crippen molar-refractivity contribution in [1.29, 1.82) is 5.26 Å². The summed E-state index contributed by atoms with van der Waals surface area (Å²) < 4.78 is 0. The van der Waals surface area contributed by atoms with E-state index in [2.05, 4.69) is 5.32 Å². The van der Waals surface area contributed by atoms with E-state index in [0.29, 0.717) is 5.56 Å². The van der Waals surface area contributed by atoms with Crippen LogP contribution in [-0.4, -0.2) is 17.1 Å². The van der Waals surface area contributed by atoms with Crippen LogP contribution in [0.25, 0.3) is 0 Å². The summed E-state index contributed by atoms with van der Waals surface area (Å²) in [5.74, 6) is -0.437. The van der Waals surface area contributed by atoms with Crippen LogP contribution in [0.1, 0.15) is 29.8 Å². The predicted octanol–water partition coefficient (Wildman–Crippen LogP) is 1.98. The lowest BCUT2D eigenvalue weighted by Crippen LogP contribution is -2.37. The van der Waals surface area contributed by atoms with Crippen LogP contribution in [0.5, 0.6) is 5.75 Å². The number of rotatable bonds is 3. The number of amides is 1. The molecule has 0 fully saturated rings. The smallest absolute Gasteiger partial charge is 0.256 e. The van der Waals surface area contributed by atoms with Crippen molar-refractivity contribution in [2.24, 2.45) is 5.92 Å². The minimum atomic E-state index is -0.553. The molecule has 1 amide bonds. The second-order valence-corrected chi connectivity index (χ2v) is 4.30. The van der Waals surface area contributed by atoms with Gasteiger partial charge in [-0.3, -0.25) is 4.79 Å². The van der Waals surface area contributed by atoms with Gasteiger partial charge in [0.1, 0.15) is 11.8 Å². The van der Waals surface area contributed by atoms with E-state index in [-0.39, 0.29) is 17.2 Å². The topological polar surface area (TPSA) is 73.1 Å². The first kappa shape index (κ1) is 13.0. The highest BCUT2D eigenvalue weighted by atomic mass is 16.3. The molecule has 0 aliphatic carbocycles. The second-order valence-electron chi connectivity index (χ2n) is 4.30. The fraction of sp³-hybridized carbons (Fsp3) is 0.385. The molecule has 1 aromatic carbocycles. The van der Waals surface area contributed by atoms with Gasteiger partial charge in [0, 0.05) is 0 Å². The lowest BCUT2D eigenvalue weighted by atomic mass is 10.0. The van der Waals surface area contributed by atoms with Crippen LogP contribution in [0.15, 0.2) is 18.2 Å². The molecule has 1 unspecified atom stereocenters. The summed E-state index contributed by atoms with van der Waals surface area (Å²) in [5.41, 5.74) is 0.835. The summed E-state index contributed by atoms with van der Waals surface area (Å²) in [6.07, 6.45) is 0. The van der Waals surface area contributed by atoms with E-state index in [1.165, 1.54) is 6.07 Å². The molecule has 1 atom stereocenters. The summed E-state index contributed by atoms with van der Waals surface area (Å²) in [4.78, 5) is 11.9. The molecule has 0 saturated carbocycles. The predicted molar refractivity (Wildman–Crippen MR) is 64.5 cm³/mol. The molecule has 4 heteroatoms. The fourth-order valence-corrected chi connectivity index (χ4v) is 1.41. The molecule has 4 nitrogen and oxygen atoms in total. The molecule has 0 aliphatic heterocycles. The normalized spacial score (nSPS) is 11.9. The Morgan fingerprint density at radius 3 is 2.65 bits per heavy atom. The van der Waals surface area contributed by atoms with Crippen LogP contribution >= 0.6 is 0 Å². The molecule has 0 saturated heterocycles. The van der Waals surface area contributed by atoms with E-state index in [4.69, 9.17) is 5.26 Å². The van der Waals surface area contributed by atoms with Crippen molar-refractivity contribution in [1.82, 2.24) is 5.32 Å². The van der Waals surface area contributed by atoms with Crippen molar-refractivity contribution >= 4 is 5.91 Å². The fourth-order valence-electron chi connectivity index (χ4n) is 1.41. The van der Waals surface area contributed by atoms with Crippen molar-refractivity contribution in [3.8, 4) is 11.8 Å². The third-order valence-corrected chi connectivity index (χ3v) is 2.57. The molecule has 0 radical (unpaired) electrons. The Morgan fingerprint density at radius 1 is 1.47 bits per heavy atom. The highest BCUT2D eigenvalue weighted by Crippen LogP contribution is 2.21. The maximum absolute atomic E-state index is 11.9. The highest BCUT2D eigenvalue weighted by molar-refractivity contribution is 5.97. The van der Waals surface area contributed by atoms with Crippen LogP contribution in [-0.2, 0) is 0 Å². The van der Waals surface area contributed by atoms with Gasteiger partial charge in [0.25, 0.3) is 5.91 Å². The number of phenolic OH excluding ortho intramolecular Hbond substituents is 1. The Morgan fingerprint density at radius 2 is 2.12 bits per heavy atom.